The van der Waals surface area contributed by atoms with Gasteiger partial charge in [-0.1, -0.05) is 11.6 Å². The highest BCUT2D eigenvalue weighted by atomic mass is 35.5. The number of hydrogen-bond donors (Lipinski definition) is 2. The molecular weight excluding hydrogens is 274 g/mol. The standard InChI is InChI=1S/C11H10ClN3O2S/c12-8-1-3-9(4-2-8)15-18(16,17)10-5-6-14-11(13)7-10/h1-7,15H,(H2,13,14). The molecule has 7 heteroatoms. The van der Waals surface area contributed by atoms with Gasteiger partial charge < -0.3 is 5.73 Å². The van der Waals surface area contributed by atoms with E-state index >= 15 is 0 Å². The van der Waals surface area contributed by atoms with E-state index < -0.39 is 10.0 Å². The Kier molecular flexibility index (Phi) is 3.40. The van der Waals surface area contributed by atoms with Crippen molar-refractivity contribution in [2.45, 2.75) is 4.90 Å². The van der Waals surface area contributed by atoms with Gasteiger partial charge in [-0.15, -0.1) is 0 Å². The van der Waals surface area contributed by atoms with Crippen molar-refractivity contribution in [3.05, 3.63) is 47.6 Å². The highest BCUT2D eigenvalue weighted by Crippen LogP contribution is 2.18. The van der Waals surface area contributed by atoms with Gasteiger partial charge in [-0.05, 0) is 30.3 Å². The van der Waals surface area contributed by atoms with E-state index in [2.05, 4.69) is 9.71 Å². The molecule has 1 aromatic carbocycles. The van der Waals surface area contributed by atoms with E-state index in [1.165, 1.54) is 18.3 Å². The molecule has 0 bridgehead atoms. The van der Waals surface area contributed by atoms with E-state index in [0.29, 0.717) is 10.7 Å². The molecule has 5 nitrogen and oxygen atoms in total. The zero-order valence-electron chi connectivity index (χ0n) is 9.17. The highest BCUT2D eigenvalue weighted by Gasteiger charge is 2.14. The van der Waals surface area contributed by atoms with Crippen molar-refractivity contribution in [2.75, 3.05) is 10.5 Å². The molecule has 94 valence electrons. The fourth-order valence-corrected chi connectivity index (χ4v) is 2.53. The van der Waals surface area contributed by atoms with Crippen molar-refractivity contribution in [3.8, 4) is 0 Å². The predicted octanol–water partition coefficient (Wildman–Crippen LogP) is 2.12. The Morgan fingerprint density at radius 1 is 1.17 bits per heavy atom. The summed E-state index contributed by atoms with van der Waals surface area (Å²) in [6.07, 6.45) is 1.34. The summed E-state index contributed by atoms with van der Waals surface area (Å²) >= 11 is 5.72. The van der Waals surface area contributed by atoms with E-state index in [9.17, 15) is 8.42 Å². The molecule has 0 radical (unpaired) electrons. The summed E-state index contributed by atoms with van der Waals surface area (Å²) in [6, 6.07) is 9.00. The molecular formula is C11H10ClN3O2S. The summed E-state index contributed by atoms with van der Waals surface area (Å²) in [6.45, 7) is 0. The Morgan fingerprint density at radius 2 is 1.83 bits per heavy atom. The summed E-state index contributed by atoms with van der Waals surface area (Å²) in [5.74, 6) is 0.147. The van der Waals surface area contributed by atoms with Crippen LogP contribution in [0.1, 0.15) is 0 Å². The first-order valence-electron chi connectivity index (χ1n) is 4.97. The molecule has 0 atom stereocenters. The normalized spacial score (nSPS) is 11.2. The van der Waals surface area contributed by atoms with Crippen LogP contribution < -0.4 is 10.5 Å². The van der Waals surface area contributed by atoms with Crippen LogP contribution in [0.3, 0.4) is 0 Å². The number of rotatable bonds is 3. The fourth-order valence-electron chi connectivity index (χ4n) is 1.33. The molecule has 0 aliphatic rings. The number of nitrogen functional groups attached to an aromatic ring is 1. The molecule has 0 fully saturated rings. The monoisotopic (exact) mass is 283 g/mol. The van der Waals surface area contributed by atoms with Gasteiger partial charge in [0, 0.05) is 23.0 Å². The summed E-state index contributed by atoms with van der Waals surface area (Å²) in [4.78, 5) is 3.80. The number of nitrogens with two attached hydrogens (primary N) is 1. The lowest BCUT2D eigenvalue weighted by atomic mass is 10.3. The van der Waals surface area contributed by atoms with Crippen molar-refractivity contribution in [1.29, 1.82) is 0 Å². The van der Waals surface area contributed by atoms with Gasteiger partial charge in [0.25, 0.3) is 10.0 Å². The lowest BCUT2D eigenvalue weighted by Crippen LogP contribution is -2.13. The lowest BCUT2D eigenvalue weighted by molar-refractivity contribution is 0.601. The van der Waals surface area contributed by atoms with Crippen LogP contribution in [0.15, 0.2) is 47.5 Å². The van der Waals surface area contributed by atoms with Gasteiger partial charge in [0.1, 0.15) is 5.82 Å². The van der Waals surface area contributed by atoms with Crippen LogP contribution in [0.5, 0.6) is 0 Å². The van der Waals surface area contributed by atoms with Gasteiger partial charge in [0.2, 0.25) is 0 Å². The molecule has 0 saturated carbocycles. The van der Waals surface area contributed by atoms with Gasteiger partial charge in [0.15, 0.2) is 0 Å². The van der Waals surface area contributed by atoms with Gasteiger partial charge in [-0.2, -0.15) is 0 Å². The molecule has 2 aromatic rings. The first kappa shape index (κ1) is 12.7. The summed E-state index contributed by atoms with van der Waals surface area (Å²) < 4.78 is 26.4. The average molecular weight is 284 g/mol. The second-order valence-electron chi connectivity index (χ2n) is 3.53. The molecule has 0 spiro atoms. The molecule has 18 heavy (non-hydrogen) atoms. The smallest absolute Gasteiger partial charge is 0.262 e. The topological polar surface area (TPSA) is 85.1 Å². The number of sulfonamides is 1. The Labute approximate surface area is 110 Å². The lowest BCUT2D eigenvalue weighted by Gasteiger charge is -2.08. The Balaban J connectivity index is 2.30. The molecule has 0 amide bonds. The summed E-state index contributed by atoms with van der Waals surface area (Å²) in [7, 11) is -3.66. The fraction of sp³-hybridized carbons (Fsp3) is 0. The highest BCUT2D eigenvalue weighted by molar-refractivity contribution is 7.92. The van der Waals surface area contributed by atoms with Crippen LogP contribution in [0.25, 0.3) is 0 Å². The zero-order chi connectivity index (χ0) is 13.2. The molecule has 2 rings (SSSR count). The largest absolute Gasteiger partial charge is 0.384 e. The summed E-state index contributed by atoms with van der Waals surface area (Å²) in [5.41, 5.74) is 5.87. The molecule has 3 N–H and O–H groups in total. The number of pyridine rings is 1. The molecule has 0 aliphatic carbocycles. The zero-order valence-corrected chi connectivity index (χ0v) is 10.7. The van der Waals surface area contributed by atoms with Crippen molar-refractivity contribution in [2.24, 2.45) is 0 Å². The molecule has 1 aromatic heterocycles. The van der Waals surface area contributed by atoms with Gasteiger partial charge >= 0.3 is 0 Å². The Bertz CT molecular complexity index is 656. The second-order valence-corrected chi connectivity index (χ2v) is 5.65. The number of halogens is 1. The number of anilines is 2. The van der Waals surface area contributed by atoms with E-state index in [1.807, 2.05) is 0 Å². The molecule has 0 unspecified atom stereocenters. The first-order chi connectivity index (χ1) is 8.47. The minimum absolute atomic E-state index is 0.0601. The maximum Gasteiger partial charge on any atom is 0.262 e. The Morgan fingerprint density at radius 3 is 2.44 bits per heavy atom. The maximum atomic E-state index is 12.0. The van der Waals surface area contributed by atoms with Gasteiger partial charge in [0.05, 0.1) is 4.90 Å². The van der Waals surface area contributed by atoms with Crippen LogP contribution in [-0.2, 0) is 10.0 Å². The number of benzene rings is 1. The van der Waals surface area contributed by atoms with Crippen LogP contribution in [0.4, 0.5) is 11.5 Å². The third kappa shape index (κ3) is 2.91. The maximum absolute atomic E-state index is 12.0. The SMILES string of the molecule is Nc1cc(S(=O)(=O)Nc2ccc(Cl)cc2)ccn1. The van der Waals surface area contributed by atoms with Crippen LogP contribution >= 0.6 is 11.6 Å². The van der Waals surface area contributed by atoms with Crippen LogP contribution in [-0.4, -0.2) is 13.4 Å². The van der Waals surface area contributed by atoms with Crippen molar-refractivity contribution >= 4 is 33.1 Å². The number of nitrogens with zero attached hydrogens (tertiary/aromatic N) is 1. The van der Waals surface area contributed by atoms with Crippen molar-refractivity contribution in [3.63, 3.8) is 0 Å². The van der Waals surface area contributed by atoms with Crippen LogP contribution in [0.2, 0.25) is 5.02 Å². The Hall–Kier alpha value is -1.79. The minimum Gasteiger partial charge on any atom is -0.384 e. The second kappa shape index (κ2) is 4.83. The molecule has 0 aliphatic heterocycles. The number of nitrogens with one attached hydrogen (secondary N) is 1. The van der Waals surface area contributed by atoms with Crippen molar-refractivity contribution < 1.29 is 8.42 Å². The third-order valence-electron chi connectivity index (χ3n) is 2.16. The van der Waals surface area contributed by atoms with Gasteiger partial charge in [-0.25, -0.2) is 13.4 Å². The quantitative estimate of drug-likeness (QED) is 0.903. The number of hydrogen-bond acceptors (Lipinski definition) is 4. The third-order valence-corrected chi connectivity index (χ3v) is 3.79. The van der Waals surface area contributed by atoms with Gasteiger partial charge in [-0.3, -0.25) is 4.72 Å². The average Bonchev–Trinajstić information content (AvgIpc) is 2.32. The van der Waals surface area contributed by atoms with Crippen LogP contribution in [0, 0.1) is 0 Å². The van der Waals surface area contributed by atoms with E-state index in [0.717, 1.165) is 0 Å². The molecule has 1 heterocycles. The minimum atomic E-state index is -3.66. The van der Waals surface area contributed by atoms with E-state index in [4.69, 9.17) is 17.3 Å². The van der Waals surface area contributed by atoms with Crippen molar-refractivity contribution in [1.82, 2.24) is 4.98 Å². The van der Waals surface area contributed by atoms with E-state index in [1.54, 1.807) is 24.3 Å². The first-order valence-corrected chi connectivity index (χ1v) is 6.83. The predicted molar refractivity (Wildman–Crippen MR) is 70.9 cm³/mol. The molecule has 0 saturated heterocycles. The summed E-state index contributed by atoms with van der Waals surface area (Å²) in [5, 5.41) is 0.533. The number of aromatic nitrogens is 1. The van der Waals surface area contributed by atoms with E-state index in [-0.39, 0.29) is 10.7 Å².